The first-order valence-electron chi connectivity index (χ1n) is 10.3. The lowest BCUT2D eigenvalue weighted by Crippen LogP contribution is -2.34. The molecule has 3 rings (SSSR count). The molecule has 0 atom stereocenters. The van der Waals surface area contributed by atoms with E-state index in [4.69, 9.17) is 18.0 Å². The highest BCUT2D eigenvalue weighted by Gasteiger charge is 2.28. The van der Waals surface area contributed by atoms with Crippen LogP contribution in [0.5, 0.6) is 0 Å². The van der Waals surface area contributed by atoms with E-state index in [0.29, 0.717) is 24.3 Å². The number of anilines is 1. The lowest BCUT2D eigenvalue weighted by atomic mass is 10.2. The second-order valence-electron chi connectivity index (χ2n) is 7.42. The number of rotatable bonds is 6. The van der Waals surface area contributed by atoms with Crippen molar-refractivity contribution in [3.05, 3.63) is 58.6 Å². The molecule has 7 nitrogen and oxygen atoms in total. The number of terminal acetylenes is 1. The summed E-state index contributed by atoms with van der Waals surface area (Å²) < 4.78 is 27.6. The Balaban J connectivity index is 1.68. The van der Waals surface area contributed by atoms with E-state index in [0.717, 1.165) is 25.7 Å². The smallest absolute Gasteiger partial charge is 0.251 e. The van der Waals surface area contributed by atoms with Gasteiger partial charge < -0.3 is 10.6 Å². The first kappa shape index (κ1) is 23.8. The first-order valence-corrected chi connectivity index (χ1v) is 12.1. The van der Waals surface area contributed by atoms with E-state index in [1.54, 1.807) is 24.3 Å². The summed E-state index contributed by atoms with van der Waals surface area (Å²) in [7, 11) is -3.82. The van der Waals surface area contributed by atoms with Gasteiger partial charge in [-0.05, 0) is 49.2 Å². The van der Waals surface area contributed by atoms with Crippen LogP contribution >= 0.6 is 11.6 Å². The van der Waals surface area contributed by atoms with Crippen molar-refractivity contribution < 1.29 is 18.0 Å². The predicted molar refractivity (Wildman–Crippen MR) is 124 cm³/mol. The molecule has 168 valence electrons. The van der Waals surface area contributed by atoms with Crippen molar-refractivity contribution in [3.63, 3.8) is 0 Å². The minimum atomic E-state index is -3.82. The normalized spacial score (nSPS) is 14.8. The Morgan fingerprint density at radius 2 is 1.78 bits per heavy atom. The van der Waals surface area contributed by atoms with Gasteiger partial charge in [-0.3, -0.25) is 9.59 Å². The van der Waals surface area contributed by atoms with Crippen molar-refractivity contribution in [2.24, 2.45) is 0 Å². The summed E-state index contributed by atoms with van der Waals surface area (Å²) in [5.74, 6) is 1.45. The highest BCUT2D eigenvalue weighted by Crippen LogP contribution is 2.27. The molecule has 0 bridgehead atoms. The molecule has 1 aliphatic rings. The van der Waals surface area contributed by atoms with Crippen LogP contribution < -0.4 is 10.6 Å². The molecule has 1 fully saturated rings. The van der Waals surface area contributed by atoms with E-state index >= 15 is 0 Å². The molecule has 2 aromatic carbocycles. The molecule has 0 aliphatic carbocycles. The Morgan fingerprint density at radius 1 is 1.06 bits per heavy atom. The fourth-order valence-electron chi connectivity index (χ4n) is 3.42. The molecule has 2 N–H and O–H groups in total. The second kappa shape index (κ2) is 10.6. The minimum absolute atomic E-state index is 0.0527. The molecule has 9 heteroatoms. The standard InChI is InChI=1S/C23H24ClN3O4S/c1-2-17-8-7-9-19(14-17)26-22(28)16-25-23(29)18-10-11-20(24)21(15-18)32(30,31)27-12-5-3-4-6-13-27/h1,7-11,14-15H,3-6,12-13,16H2,(H,25,29)(H,26,28). The van der Waals surface area contributed by atoms with Crippen molar-refractivity contribution >= 4 is 39.1 Å². The quantitative estimate of drug-likeness (QED) is 0.629. The summed E-state index contributed by atoms with van der Waals surface area (Å²) >= 11 is 6.17. The predicted octanol–water partition coefficient (Wildman–Crippen LogP) is 3.25. The van der Waals surface area contributed by atoms with Gasteiger partial charge in [0.2, 0.25) is 15.9 Å². The van der Waals surface area contributed by atoms with Crippen molar-refractivity contribution in [2.75, 3.05) is 25.0 Å². The average Bonchev–Trinajstić information content (AvgIpc) is 3.08. The zero-order chi connectivity index (χ0) is 23.1. The number of hydrogen-bond donors (Lipinski definition) is 2. The van der Waals surface area contributed by atoms with Crippen LogP contribution in [0, 0.1) is 12.3 Å². The lowest BCUT2D eigenvalue weighted by Gasteiger charge is -2.21. The maximum absolute atomic E-state index is 13.1. The van der Waals surface area contributed by atoms with Gasteiger partial charge in [0.1, 0.15) is 4.90 Å². The Kier molecular flexibility index (Phi) is 7.91. The highest BCUT2D eigenvalue weighted by molar-refractivity contribution is 7.89. The highest BCUT2D eigenvalue weighted by atomic mass is 35.5. The van der Waals surface area contributed by atoms with E-state index in [1.165, 1.54) is 22.5 Å². The van der Waals surface area contributed by atoms with E-state index < -0.39 is 21.8 Å². The van der Waals surface area contributed by atoms with Gasteiger partial charge in [0.05, 0.1) is 11.6 Å². The Morgan fingerprint density at radius 3 is 2.47 bits per heavy atom. The van der Waals surface area contributed by atoms with Crippen LogP contribution in [0.1, 0.15) is 41.6 Å². The molecule has 0 aromatic heterocycles. The van der Waals surface area contributed by atoms with E-state index in [1.807, 2.05) is 0 Å². The Hall–Kier alpha value is -2.86. The average molecular weight is 474 g/mol. The summed E-state index contributed by atoms with van der Waals surface area (Å²) in [5, 5.41) is 5.19. The first-order chi connectivity index (χ1) is 15.3. The van der Waals surface area contributed by atoms with E-state index in [9.17, 15) is 18.0 Å². The van der Waals surface area contributed by atoms with E-state index in [2.05, 4.69) is 16.6 Å². The summed E-state index contributed by atoms with van der Waals surface area (Å²) in [6, 6.07) is 10.8. The van der Waals surface area contributed by atoms with Gasteiger partial charge in [-0.1, -0.05) is 36.4 Å². The van der Waals surface area contributed by atoms with Gasteiger partial charge in [-0.2, -0.15) is 4.31 Å². The molecule has 0 spiro atoms. The number of hydrogen-bond acceptors (Lipinski definition) is 4. The number of halogens is 1. The third-order valence-electron chi connectivity index (χ3n) is 5.10. The van der Waals surface area contributed by atoms with Crippen molar-refractivity contribution in [3.8, 4) is 12.3 Å². The molecular weight excluding hydrogens is 450 g/mol. The molecule has 1 saturated heterocycles. The van der Waals surface area contributed by atoms with Crippen LogP contribution in [-0.2, 0) is 14.8 Å². The van der Waals surface area contributed by atoms with Gasteiger partial charge >= 0.3 is 0 Å². The van der Waals surface area contributed by atoms with Crippen LogP contribution in [0.2, 0.25) is 5.02 Å². The lowest BCUT2D eigenvalue weighted by molar-refractivity contribution is -0.115. The molecular formula is C23H24ClN3O4S. The van der Waals surface area contributed by atoms with Crippen molar-refractivity contribution in [2.45, 2.75) is 30.6 Å². The van der Waals surface area contributed by atoms with Gasteiger partial charge in [-0.25, -0.2) is 8.42 Å². The Labute approximate surface area is 193 Å². The zero-order valence-corrected chi connectivity index (χ0v) is 19.0. The third kappa shape index (κ3) is 5.88. The molecule has 0 unspecified atom stereocenters. The van der Waals surface area contributed by atoms with Gasteiger partial charge in [-0.15, -0.1) is 6.42 Å². The molecule has 32 heavy (non-hydrogen) atoms. The summed E-state index contributed by atoms with van der Waals surface area (Å²) in [6.45, 7) is 0.558. The summed E-state index contributed by atoms with van der Waals surface area (Å²) in [6.07, 6.45) is 8.89. The third-order valence-corrected chi connectivity index (χ3v) is 7.48. The second-order valence-corrected chi connectivity index (χ2v) is 9.73. The van der Waals surface area contributed by atoms with Crippen LogP contribution in [0.4, 0.5) is 5.69 Å². The van der Waals surface area contributed by atoms with Crippen LogP contribution in [-0.4, -0.2) is 44.2 Å². The summed E-state index contributed by atoms with van der Waals surface area (Å²) in [5.41, 5.74) is 1.23. The molecule has 1 aliphatic heterocycles. The number of amides is 2. The number of nitrogens with one attached hydrogen (secondary N) is 2. The molecule has 0 saturated carbocycles. The fourth-order valence-corrected chi connectivity index (χ4v) is 5.44. The zero-order valence-electron chi connectivity index (χ0n) is 17.4. The topological polar surface area (TPSA) is 95.6 Å². The SMILES string of the molecule is C#Cc1cccc(NC(=O)CNC(=O)c2ccc(Cl)c(S(=O)(=O)N3CCCCCC3)c2)c1. The molecule has 2 amide bonds. The number of benzene rings is 2. The maximum atomic E-state index is 13.1. The Bertz CT molecular complexity index is 1150. The monoisotopic (exact) mass is 473 g/mol. The fraction of sp³-hybridized carbons (Fsp3) is 0.304. The van der Waals surface area contributed by atoms with Crippen LogP contribution in [0.25, 0.3) is 0 Å². The number of sulfonamides is 1. The van der Waals surface area contributed by atoms with Gasteiger partial charge in [0, 0.05) is 29.9 Å². The molecule has 2 aromatic rings. The van der Waals surface area contributed by atoms with E-state index in [-0.39, 0.29) is 22.0 Å². The largest absolute Gasteiger partial charge is 0.343 e. The van der Waals surface area contributed by atoms with Crippen molar-refractivity contribution in [1.29, 1.82) is 0 Å². The number of carbonyl (C=O) groups excluding carboxylic acids is 2. The van der Waals surface area contributed by atoms with Gasteiger partial charge in [0.25, 0.3) is 5.91 Å². The van der Waals surface area contributed by atoms with Crippen LogP contribution in [0.3, 0.4) is 0 Å². The minimum Gasteiger partial charge on any atom is -0.343 e. The molecule has 0 radical (unpaired) electrons. The maximum Gasteiger partial charge on any atom is 0.251 e. The number of nitrogens with zero attached hydrogens (tertiary/aromatic N) is 1. The number of carbonyl (C=O) groups is 2. The molecule has 1 heterocycles. The summed E-state index contributed by atoms with van der Waals surface area (Å²) in [4.78, 5) is 24.6. The van der Waals surface area contributed by atoms with Crippen LogP contribution in [0.15, 0.2) is 47.4 Å². The van der Waals surface area contributed by atoms with Crippen molar-refractivity contribution in [1.82, 2.24) is 9.62 Å². The van der Waals surface area contributed by atoms with Gasteiger partial charge in [0.15, 0.2) is 0 Å².